The summed E-state index contributed by atoms with van der Waals surface area (Å²) in [5.41, 5.74) is 1.37. The van der Waals surface area contributed by atoms with Gasteiger partial charge in [-0.2, -0.15) is 0 Å². The van der Waals surface area contributed by atoms with Crippen LogP contribution < -0.4 is 15.0 Å². The van der Waals surface area contributed by atoms with Crippen LogP contribution in [0, 0.1) is 0 Å². The largest absolute Gasteiger partial charge is 0.497 e. The summed E-state index contributed by atoms with van der Waals surface area (Å²) < 4.78 is 5.18. The summed E-state index contributed by atoms with van der Waals surface area (Å²) in [6, 6.07) is 9.09. The lowest BCUT2D eigenvalue weighted by Gasteiger charge is -2.16. The van der Waals surface area contributed by atoms with Crippen LogP contribution in [0.5, 0.6) is 5.75 Å². The summed E-state index contributed by atoms with van der Waals surface area (Å²) in [7, 11) is 1.71. The molecule has 1 aromatic rings. The van der Waals surface area contributed by atoms with E-state index in [0.717, 1.165) is 12.3 Å². The predicted octanol–water partition coefficient (Wildman–Crippen LogP) is 0.852. The highest BCUT2D eigenvalue weighted by molar-refractivity contribution is 5.26. The van der Waals surface area contributed by atoms with Crippen molar-refractivity contribution in [2.24, 2.45) is 0 Å². The van der Waals surface area contributed by atoms with Gasteiger partial charge in [0.1, 0.15) is 12.3 Å². The maximum Gasteiger partial charge on any atom is 0.118 e. The van der Waals surface area contributed by atoms with Crippen LogP contribution in [0.4, 0.5) is 0 Å². The lowest BCUT2D eigenvalue weighted by molar-refractivity contribution is -0.896. The first-order valence-electron chi connectivity index (χ1n) is 7.99. The molecule has 0 aliphatic heterocycles. The molecule has 0 aliphatic rings. The fourth-order valence-electron chi connectivity index (χ4n) is 2.49. The minimum atomic E-state index is 0.701. The smallest absolute Gasteiger partial charge is 0.118 e. The lowest BCUT2D eigenvalue weighted by atomic mass is 10.1. The van der Waals surface area contributed by atoms with Gasteiger partial charge in [0, 0.05) is 18.4 Å². The third-order valence-electron chi connectivity index (χ3n) is 4.10. The average Bonchev–Trinajstić information content (AvgIpc) is 2.50. The van der Waals surface area contributed by atoms with E-state index in [-0.39, 0.29) is 0 Å². The van der Waals surface area contributed by atoms with Gasteiger partial charge < -0.3 is 15.0 Å². The second-order valence-corrected chi connectivity index (χ2v) is 5.61. The quantitative estimate of drug-likeness (QED) is 0.654. The number of ether oxygens (including phenoxy) is 1. The SMILES string of the molecule is CC[NH+](CC)CCC[C@@H](C)[NH2+]Cc1ccc(OC)cc1. The molecule has 0 radical (unpaired) electrons. The fourth-order valence-corrected chi connectivity index (χ4v) is 2.49. The first kappa shape index (κ1) is 17.0. The molecule has 20 heavy (non-hydrogen) atoms. The summed E-state index contributed by atoms with van der Waals surface area (Å²) >= 11 is 0. The summed E-state index contributed by atoms with van der Waals surface area (Å²) in [5, 5.41) is 2.44. The molecule has 0 bridgehead atoms. The maximum atomic E-state index is 5.18. The Balaban J connectivity index is 2.20. The zero-order valence-electron chi connectivity index (χ0n) is 13.6. The van der Waals surface area contributed by atoms with Gasteiger partial charge in [-0.25, -0.2) is 0 Å². The number of benzene rings is 1. The third-order valence-corrected chi connectivity index (χ3v) is 4.10. The molecule has 3 nitrogen and oxygen atoms in total. The summed E-state index contributed by atoms with van der Waals surface area (Å²) in [6.07, 6.45) is 2.64. The van der Waals surface area contributed by atoms with Crippen LogP contribution in [0.3, 0.4) is 0 Å². The highest BCUT2D eigenvalue weighted by atomic mass is 16.5. The molecule has 1 aromatic carbocycles. The van der Waals surface area contributed by atoms with Crippen molar-refractivity contribution >= 4 is 0 Å². The van der Waals surface area contributed by atoms with Gasteiger partial charge in [-0.15, -0.1) is 0 Å². The van der Waals surface area contributed by atoms with Gasteiger partial charge in [0.25, 0.3) is 0 Å². The van der Waals surface area contributed by atoms with Crippen LogP contribution in [-0.4, -0.2) is 32.8 Å². The number of hydrogen-bond acceptors (Lipinski definition) is 1. The van der Waals surface area contributed by atoms with Gasteiger partial charge in [-0.1, -0.05) is 0 Å². The van der Waals surface area contributed by atoms with Gasteiger partial charge in [-0.3, -0.25) is 0 Å². The van der Waals surface area contributed by atoms with Crippen LogP contribution >= 0.6 is 0 Å². The second-order valence-electron chi connectivity index (χ2n) is 5.61. The zero-order chi connectivity index (χ0) is 14.8. The Bertz CT molecular complexity index is 347. The van der Waals surface area contributed by atoms with Crippen LogP contribution in [-0.2, 0) is 6.54 Å². The molecule has 0 aliphatic carbocycles. The standard InChI is InChI=1S/C17H30N2O/c1-5-19(6-2)13-7-8-15(3)18-14-16-9-11-17(20-4)12-10-16/h9-12,15,18H,5-8,13-14H2,1-4H3/p+2/t15-/m1/s1. The molecule has 0 heterocycles. The van der Waals surface area contributed by atoms with E-state index in [2.05, 4.69) is 38.2 Å². The third kappa shape index (κ3) is 6.40. The van der Waals surface area contributed by atoms with Gasteiger partial charge in [0.05, 0.1) is 32.8 Å². The molecule has 1 rings (SSSR count). The monoisotopic (exact) mass is 280 g/mol. The fraction of sp³-hybridized carbons (Fsp3) is 0.647. The molecule has 0 saturated carbocycles. The minimum Gasteiger partial charge on any atom is -0.497 e. The summed E-state index contributed by atoms with van der Waals surface area (Å²) in [6.45, 7) is 11.8. The van der Waals surface area contributed by atoms with Crippen LogP contribution in [0.2, 0.25) is 0 Å². The van der Waals surface area contributed by atoms with Crippen molar-refractivity contribution in [3.63, 3.8) is 0 Å². The molecule has 0 fully saturated rings. The molecule has 3 heteroatoms. The van der Waals surface area contributed by atoms with E-state index in [9.17, 15) is 0 Å². The number of nitrogens with one attached hydrogen (secondary N) is 1. The number of hydrogen-bond donors (Lipinski definition) is 2. The van der Waals surface area contributed by atoms with E-state index in [1.54, 1.807) is 12.0 Å². The first-order chi connectivity index (χ1) is 9.69. The van der Waals surface area contributed by atoms with E-state index < -0.39 is 0 Å². The van der Waals surface area contributed by atoms with Gasteiger partial charge in [0.15, 0.2) is 0 Å². The Morgan fingerprint density at radius 3 is 2.35 bits per heavy atom. The summed E-state index contributed by atoms with van der Waals surface area (Å²) in [4.78, 5) is 1.72. The van der Waals surface area contributed by atoms with E-state index in [4.69, 9.17) is 4.74 Å². The Morgan fingerprint density at radius 1 is 1.15 bits per heavy atom. The maximum absolute atomic E-state index is 5.18. The molecule has 0 spiro atoms. The molecule has 0 saturated heterocycles. The van der Waals surface area contributed by atoms with Crippen molar-refractivity contribution in [2.45, 2.75) is 46.2 Å². The average molecular weight is 280 g/mol. The van der Waals surface area contributed by atoms with Crippen molar-refractivity contribution in [3.8, 4) is 5.75 Å². The van der Waals surface area contributed by atoms with Crippen LogP contribution in [0.25, 0.3) is 0 Å². The van der Waals surface area contributed by atoms with Gasteiger partial charge in [0.2, 0.25) is 0 Å². The molecule has 0 unspecified atom stereocenters. The van der Waals surface area contributed by atoms with Crippen LogP contribution in [0.15, 0.2) is 24.3 Å². The topological polar surface area (TPSA) is 30.3 Å². The van der Waals surface area contributed by atoms with E-state index in [1.165, 1.54) is 38.0 Å². The Hall–Kier alpha value is -1.06. The number of nitrogens with two attached hydrogens (primary N) is 1. The molecule has 1 atom stereocenters. The molecule has 114 valence electrons. The molecule has 0 amide bonds. The summed E-state index contributed by atoms with van der Waals surface area (Å²) in [5.74, 6) is 0.934. The lowest BCUT2D eigenvalue weighted by Crippen LogP contribution is -3.11. The minimum absolute atomic E-state index is 0.701. The van der Waals surface area contributed by atoms with E-state index in [1.807, 2.05) is 12.1 Å². The van der Waals surface area contributed by atoms with E-state index in [0.29, 0.717) is 6.04 Å². The van der Waals surface area contributed by atoms with Gasteiger partial charge in [-0.05, 0) is 45.0 Å². The normalized spacial score (nSPS) is 12.7. The Kier molecular flexibility index (Phi) is 8.31. The number of rotatable bonds is 10. The van der Waals surface area contributed by atoms with Crippen LogP contribution in [0.1, 0.15) is 39.2 Å². The highest BCUT2D eigenvalue weighted by Gasteiger charge is 2.08. The second kappa shape index (κ2) is 9.78. The van der Waals surface area contributed by atoms with Crippen molar-refractivity contribution < 1.29 is 15.0 Å². The van der Waals surface area contributed by atoms with Crippen molar-refractivity contribution in [1.82, 2.24) is 0 Å². The molecular weight excluding hydrogens is 248 g/mol. The molecular formula is C17H32N2O+2. The number of quaternary nitrogens is 2. The number of methoxy groups -OCH3 is 1. The Labute approximate surface area is 124 Å². The van der Waals surface area contributed by atoms with Crippen molar-refractivity contribution in [1.29, 1.82) is 0 Å². The molecule has 3 N–H and O–H groups in total. The first-order valence-corrected chi connectivity index (χ1v) is 7.99. The van der Waals surface area contributed by atoms with Crippen molar-refractivity contribution in [2.75, 3.05) is 26.7 Å². The van der Waals surface area contributed by atoms with Gasteiger partial charge >= 0.3 is 0 Å². The zero-order valence-corrected chi connectivity index (χ0v) is 13.6. The highest BCUT2D eigenvalue weighted by Crippen LogP contribution is 2.10. The van der Waals surface area contributed by atoms with E-state index >= 15 is 0 Å². The molecule has 0 aromatic heterocycles. The predicted molar refractivity (Wildman–Crippen MR) is 84.2 cm³/mol. The Morgan fingerprint density at radius 2 is 1.80 bits per heavy atom. The van der Waals surface area contributed by atoms with Crippen molar-refractivity contribution in [3.05, 3.63) is 29.8 Å².